The molecule has 1 heterocycles. The third-order valence-corrected chi connectivity index (χ3v) is 3.68. The van der Waals surface area contributed by atoms with Gasteiger partial charge in [-0.25, -0.2) is 0 Å². The summed E-state index contributed by atoms with van der Waals surface area (Å²) in [5.74, 6) is 0. The Morgan fingerprint density at radius 2 is 1.81 bits per heavy atom. The maximum absolute atomic E-state index is 12.2. The molecule has 0 aliphatic heterocycles. The molecule has 3 nitrogen and oxygen atoms in total. The van der Waals surface area contributed by atoms with Crippen LogP contribution in [0.4, 0.5) is 0 Å². The predicted octanol–water partition coefficient (Wildman–Crippen LogP) is 2.83. The Bertz CT molecular complexity index is 709. The molecule has 0 fully saturated rings. The van der Waals surface area contributed by atoms with Crippen molar-refractivity contribution >= 4 is 17.2 Å². The average Bonchev–Trinajstić information content (AvgIpc) is 2.40. The molecule has 0 atom stereocenters. The van der Waals surface area contributed by atoms with Gasteiger partial charge in [0.15, 0.2) is 0 Å². The standard InChI is InChI=1S/C17H20N2OS/c1-17(2,3)13-8-6-12(7-9-13)11-19-10-4-5-14(15(18)21)16(19)20/h4-10H,11H2,1-3H3,(H2,18,21). The molecule has 0 unspecified atom stereocenters. The lowest BCUT2D eigenvalue weighted by atomic mass is 9.87. The van der Waals surface area contributed by atoms with E-state index >= 15 is 0 Å². The van der Waals surface area contributed by atoms with Crippen LogP contribution in [0.5, 0.6) is 0 Å². The van der Waals surface area contributed by atoms with Crippen LogP contribution in [0.2, 0.25) is 0 Å². The fourth-order valence-electron chi connectivity index (χ4n) is 2.16. The minimum absolute atomic E-state index is 0.126. The van der Waals surface area contributed by atoms with Crippen LogP contribution in [-0.2, 0) is 12.0 Å². The summed E-state index contributed by atoms with van der Waals surface area (Å²) in [6.07, 6.45) is 1.75. The number of thiocarbonyl (C=S) groups is 1. The summed E-state index contributed by atoms with van der Waals surface area (Å²) < 4.78 is 1.63. The Balaban J connectivity index is 2.29. The first kappa shape index (κ1) is 15.4. The summed E-state index contributed by atoms with van der Waals surface area (Å²) in [4.78, 5) is 12.4. The minimum Gasteiger partial charge on any atom is -0.389 e. The molecule has 2 rings (SSSR count). The lowest BCUT2D eigenvalue weighted by Gasteiger charge is -2.19. The topological polar surface area (TPSA) is 48.0 Å². The minimum atomic E-state index is -0.148. The van der Waals surface area contributed by atoms with Crippen LogP contribution < -0.4 is 11.3 Å². The molecule has 4 heteroatoms. The second-order valence-electron chi connectivity index (χ2n) is 6.17. The SMILES string of the molecule is CC(C)(C)c1ccc(Cn2cccc(C(N)=S)c2=O)cc1. The molecule has 2 N–H and O–H groups in total. The molecule has 0 amide bonds. The number of rotatable bonds is 3. The van der Waals surface area contributed by atoms with Gasteiger partial charge in [-0.1, -0.05) is 57.3 Å². The van der Waals surface area contributed by atoms with Crippen LogP contribution in [0.15, 0.2) is 47.4 Å². The van der Waals surface area contributed by atoms with Gasteiger partial charge in [0.05, 0.1) is 12.1 Å². The zero-order valence-electron chi connectivity index (χ0n) is 12.6. The summed E-state index contributed by atoms with van der Waals surface area (Å²) in [5.41, 5.74) is 8.28. The van der Waals surface area contributed by atoms with Crippen LogP contribution in [0, 0.1) is 0 Å². The van der Waals surface area contributed by atoms with Gasteiger partial charge in [0.1, 0.15) is 4.99 Å². The first-order chi connectivity index (χ1) is 9.79. The number of hydrogen-bond acceptors (Lipinski definition) is 2. The summed E-state index contributed by atoms with van der Waals surface area (Å²) in [6.45, 7) is 7.05. The van der Waals surface area contributed by atoms with Gasteiger partial charge in [-0.2, -0.15) is 0 Å². The molecule has 110 valence electrons. The van der Waals surface area contributed by atoms with E-state index in [2.05, 4.69) is 45.0 Å². The highest BCUT2D eigenvalue weighted by Gasteiger charge is 2.13. The van der Waals surface area contributed by atoms with Crippen molar-refractivity contribution in [1.29, 1.82) is 0 Å². The Labute approximate surface area is 130 Å². The van der Waals surface area contributed by atoms with Crippen molar-refractivity contribution in [3.05, 3.63) is 69.6 Å². The van der Waals surface area contributed by atoms with E-state index in [-0.39, 0.29) is 16.0 Å². The Morgan fingerprint density at radius 3 is 2.33 bits per heavy atom. The molecular weight excluding hydrogens is 280 g/mol. The highest BCUT2D eigenvalue weighted by molar-refractivity contribution is 7.80. The van der Waals surface area contributed by atoms with Crippen molar-refractivity contribution in [3.63, 3.8) is 0 Å². The number of nitrogens with two attached hydrogens (primary N) is 1. The van der Waals surface area contributed by atoms with E-state index < -0.39 is 0 Å². The van der Waals surface area contributed by atoms with Crippen LogP contribution >= 0.6 is 12.2 Å². The van der Waals surface area contributed by atoms with Gasteiger partial charge >= 0.3 is 0 Å². The largest absolute Gasteiger partial charge is 0.389 e. The average molecular weight is 300 g/mol. The Kier molecular flexibility index (Phi) is 4.28. The van der Waals surface area contributed by atoms with Gasteiger partial charge in [-0.15, -0.1) is 0 Å². The lowest BCUT2D eigenvalue weighted by Crippen LogP contribution is -2.28. The zero-order valence-corrected chi connectivity index (χ0v) is 13.4. The first-order valence-corrected chi connectivity index (χ1v) is 7.28. The molecule has 0 saturated carbocycles. The molecule has 0 aliphatic rings. The van der Waals surface area contributed by atoms with Crippen molar-refractivity contribution in [1.82, 2.24) is 4.57 Å². The van der Waals surface area contributed by atoms with Crippen molar-refractivity contribution < 1.29 is 0 Å². The number of aromatic nitrogens is 1. The number of benzene rings is 1. The lowest BCUT2D eigenvalue weighted by molar-refractivity contribution is 0.589. The fraction of sp³-hybridized carbons (Fsp3) is 0.294. The van der Waals surface area contributed by atoms with Gasteiger partial charge in [0, 0.05) is 6.20 Å². The van der Waals surface area contributed by atoms with Gasteiger partial charge in [-0.05, 0) is 28.7 Å². The number of hydrogen-bond donors (Lipinski definition) is 1. The van der Waals surface area contributed by atoms with Crippen molar-refractivity contribution in [2.45, 2.75) is 32.7 Å². The van der Waals surface area contributed by atoms with Gasteiger partial charge < -0.3 is 10.3 Å². The summed E-state index contributed by atoms with van der Waals surface area (Å²) >= 11 is 4.90. The molecule has 0 bridgehead atoms. The zero-order chi connectivity index (χ0) is 15.6. The van der Waals surface area contributed by atoms with E-state index in [4.69, 9.17) is 18.0 Å². The normalized spacial score (nSPS) is 11.4. The summed E-state index contributed by atoms with van der Waals surface area (Å²) in [7, 11) is 0. The van der Waals surface area contributed by atoms with Crippen LogP contribution in [0.1, 0.15) is 37.5 Å². The molecule has 1 aromatic carbocycles. The maximum atomic E-state index is 12.2. The van der Waals surface area contributed by atoms with Crippen molar-refractivity contribution in [3.8, 4) is 0 Å². The van der Waals surface area contributed by atoms with E-state index in [9.17, 15) is 4.79 Å². The maximum Gasteiger partial charge on any atom is 0.261 e. The molecule has 0 saturated heterocycles. The summed E-state index contributed by atoms with van der Waals surface area (Å²) in [6, 6.07) is 11.8. The first-order valence-electron chi connectivity index (χ1n) is 6.88. The Hall–Kier alpha value is -1.94. The van der Waals surface area contributed by atoms with Crippen LogP contribution in [0.25, 0.3) is 0 Å². The third-order valence-electron chi connectivity index (χ3n) is 3.46. The quantitative estimate of drug-likeness (QED) is 0.887. The molecule has 2 aromatic rings. The van der Waals surface area contributed by atoms with Crippen LogP contribution in [-0.4, -0.2) is 9.56 Å². The van der Waals surface area contributed by atoms with E-state index in [0.717, 1.165) is 5.56 Å². The van der Waals surface area contributed by atoms with Crippen molar-refractivity contribution in [2.24, 2.45) is 5.73 Å². The Morgan fingerprint density at radius 1 is 1.19 bits per heavy atom. The molecule has 0 spiro atoms. The molecular formula is C17H20N2OS. The van der Waals surface area contributed by atoms with E-state index in [1.807, 2.05) is 0 Å². The second kappa shape index (κ2) is 5.82. The van der Waals surface area contributed by atoms with E-state index in [1.54, 1.807) is 22.9 Å². The molecule has 1 aromatic heterocycles. The number of pyridine rings is 1. The second-order valence-corrected chi connectivity index (χ2v) is 6.61. The highest BCUT2D eigenvalue weighted by Crippen LogP contribution is 2.22. The van der Waals surface area contributed by atoms with E-state index in [1.165, 1.54) is 5.56 Å². The smallest absolute Gasteiger partial charge is 0.261 e. The molecule has 0 radical (unpaired) electrons. The van der Waals surface area contributed by atoms with Gasteiger partial charge in [0.2, 0.25) is 0 Å². The molecule has 0 aliphatic carbocycles. The highest BCUT2D eigenvalue weighted by atomic mass is 32.1. The third kappa shape index (κ3) is 3.58. The number of nitrogens with zero attached hydrogens (tertiary/aromatic N) is 1. The van der Waals surface area contributed by atoms with Crippen molar-refractivity contribution in [2.75, 3.05) is 0 Å². The predicted molar refractivity (Wildman–Crippen MR) is 90.8 cm³/mol. The van der Waals surface area contributed by atoms with E-state index in [0.29, 0.717) is 12.1 Å². The van der Waals surface area contributed by atoms with Gasteiger partial charge in [0.25, 0.3) is 5.56 Å². The van der Waals surface area contributed by atoms with Gasteiger partial charge in [-0.3, -0.25) is 4.79 Å². The summed E-state index contributed by atoms with van der Waals surface area (Å²) in [5, 5.41) is 0. The molecule has 21 heavy (non-hydrogen) atoms. The fourth-order valence-corrected chi connectivity index (χ4v) is 2.31. The van der Waals surface area contributed by atoms with Crippen LogP contribution in [0.3, 0.4) is 0 Å². The monoisotopic (exact) mass is 300 g/mol.